The topological polar surface area (TPSA) is 64.3 Å². The summed E-state index contributed by atoms with van der Waals surface area (Å²) in [6, 6.07) is 14.2. The maximum Gasteiger partial charge on any atom is 0.258 e. The van der Waals surface area contributed by atoms with Crippen molar-refractivity contribution in [1.29, 1.82) is 0 Å². The predicted octanol–water partition coefficient (Wildman–Crippen LogP) is 3.18. The largest absolute Gasteiger partial charge is 0.484 e. The molecule has 4 nitrogen and oxygen atoms in total. The number of amides is 1. The first kappa shape index (κ1) is 15.2. The average molecular weight is 305 g/mol. The Hall–Kier alpha value is -2.20. The van der Waals surface area contributed by atoms with Crippen molar-refractivity contribution in [2.45, 2.75) is 13.0 Å². The van der Waals surface area contributed by atoms with Crippen LogP contribution >= 0.6 is 11.6 Å². The summed E-state index contributed by atoms with van der Waals surface area (Å²) in [5.41, 5.74) is 7.35. The maximum atomic E-state index is 11.9. The minimum absolute atomic E-state index is 0.0625. The molecule has 0 saturated carbocycles. The second-order valence-corrected chi connectivity index (χ2v) is 5.14. The highest BCUT2D eigenvalue weighted by Gasteiger charge is 2.10. The van der Waals surface area contributed by atoms with Crippen molar-refractivity contribution in [3.63, 3.8) is 0 Å². The SMILES string of the molecule is CC(NC(=O)COc1cccc(Cl)c1)c1cccc(N)c1. The number of nitrogen functional groups attached to an aromatic ring is 1. The molecule has 0 aromatic heterocycles. The first-order valence-electron chi connectivity index (χ1n) is 6.58. The molecule has 0 spiro atoms. The van der Waals surface area contributed by atoms with Crippen LogP contribution in [0.4, 0.5) is 5.69 Å². The molecular formula is C16H17ClN2O2. The summed E-state index contributed by atoms with van der Waals surface area (Å²) in [6.07, 6.45) is 0. The van der Waals surface area contributed by atoms with E-state index in [-0.39, 0.29) is 18.6 Å². The van der Waals surface area contributed by atoms with Crippen molar-refractivity contribution in [3.8, 4) is 5.75 Å². The Balaban J connectivity index is 1.87. The molecule has 3 N–H and O–H groups in total. The van der Waals surface area contributed by atoms with Crippen molar-refractivity contribution >= 4 is 23.2 Å². The van der Waals surface area contributed by atoms with Crippen molar-refractivity contribution < 1.29 is 9.53 Å². The zero-order valence-electron chi connectivity index (χ0n) is 11.7. The molecule has 0 bridgehead atoms. The van der Waals surface area contributed by atoms with Gasteiger partial charge in [0.2, 0.25) is 0 Å². The molecular weight excluding hydrogens is 288 g/mol. The van der Waals surface area contributed by atoms with Crippen molar-refractivity contribution in [3.05, 3.63) is 59.1 Å². The Morgan fingerprint density at radius 2 is 2.05 bits per heavy atom. The number of benzene rings is 2. The molecule has 1 amide bonds. The lowest BCUT2D eigenvalue weighted by molar-refractivity contribution is -0.123. The fourth-order valence-corrected chi connectivity index (χ4v) is 2.08. The van der Waals surface area contributed by atoms with E-state index in [0.717, 1.165) is 5.56 Å². The van der Waals surface area contributed by atoms with Crippen LogP contribution in [0.1, 0.15) is 18.5 Å². The number of nitrogens with one attached hydrogen (secondary N) is 1. The Morgan fingerprint density at radius 3 is 2.76 bits per heavy atom. The lowest BCUT2D eigenvalue weighted by atomic mass is 10.1. The third-order valence-corrected chi connectivity index (χ3v) is 3.19. The van der Waals surface area contributed by atoms with E-state index >= 15 is 0 Å². The highest BCUT2D eigenvalue weighted by Crippen LogP contribution is 2.17. The van der Waals surface area contributed by atoms with Gasteiger partial charge in [-0.25, -0.2) is 0 Å². The number of anilines is 1. The van der Waals surface area contributed by atoms with Crippen LogP contribution in [0.15, 0.2) is 48.5 Å². The highest BCUT2D eigenvalue weighted by molar-refractivity contribution is 6.30. The van der Waals surface area contributed by atoms with Crippen molar-refractivity contribution in [2.75, 3.05) is 12.3 Å². The molecule has 110 valence electrons. The Bertz CT molecular complexity index is 631. The van der Waals surface area contributed by atoms with Crippen LogP contribution in [-0.2, 0) is 4.79 Å². The number of rotatable bonds is 5. The fraction of sp³-hybridized carbons (Fsp3) is 0.188. The van der Waals surface area contributed by atoms with Gasteiger partial charge in [0.15, 0.2) is 6.61 Å². The molecule has 2 rings (SSSR count). The van der Waals surface area contributed by atoms with Gasteiger partial charge in [0.05, 0.1) is 6.04 Å². The van der Waals surface area contributed by atoms with Crippen LogP contribution < -0.4 is 15.8 Å². The molecule has 0 radical (unpaired) electrons. The van der Waals surface area contributed by atoms with Gasteiger partial charge in [-0.1, -0.05) is 29.8 Å². The van der Waals surface area contributed by atoms with E-state index in [1.165, 1.54) is 0 Å². The molecule has 5 heteroatoms. The molecule has 2 aromatic rings. The number of carbonyl (C=O) groups excluding carboxylic acids is 1. The van der Waals surface area contributed by atoms with Crippen LogP contribution in [0, 0.1) is 0 Å². The molecule has 1 atom stereocenters. The van der Waals surface area contributed by atoms with Gasteiger partial charge in [-0.05, 0) is 42.8 Å². The number of ether oxygens (including phenoxy) is 1. The molecule has 0 heterocycles. The summed E-state index contributed by atoms with van der Waals surface area (Å²) in [5.74, 6) is 0.360. The van der Waals surface area contributed by atoms with Gasteiger partial charge in [0.1, 0.15) is 5.75 Å². The van der Waals surface area contributed by atoms with E-state index in [1.54, 1.807) is 30.3 Å². The average Bonchev–Trinajstić information content (AvgIpc) is 2.45. The molecule has 1 unspecified atom stereocenters. The van der Waals surface area contributed by atoms with E-state index in [0.29, 0.717) is 16.5 Å². The van der Waals surface area contributed by atoms with E-state index in [2.05, 4.69) is 5.32 Å². The number of nitrogens with two attached hydrogens (primary N) is 1. The van der Waals surface area contributed by atoms with Crippen molar-refractivity contribution in [1.82, 2.24) is 5.32 Å². The lowest BCUT2D eigenvalue weighted by Gasteiger charge is -2.15. The standard InChI is InChI=1S/C16H17ClN2O2/c1-11(12-4-2-6-14(18)8-12)19-16(20)10-21-15-7-3-5-13(17)9-15/h2-9,11H,10,18H2,1H3,(H,19,20). The molecule has 2 aromatic carbocycles. The lowest BCUT2D eigenvalue weighted by Crippen LogP contribution is -2.31. The summed E-state index contributed by atoms with van der Waals surface area (Å²) in [5, 5.41) is 3.43. The van der Waals surface area contributed by atoms with Crippen LogP contribution in [0.25, 0.3) is 0 Å². The first-order valence-corrected chi connectivity index (χ1v) is 6.95. The normalized spacial score (nSPS) is 11.7. The smallest absolute Gasteiger partial charge is 0.258 e. The van der Waals surface area contributed by atoms with Crippen LogP contribution in [0.2, 0.25) is 5.02 Å². The predicted molar refractivity (Wildman–Crippen MR) is 84.4 cm³/mol. The summed E-state index contributed by atoms with van der Waals surface area (Å²) in [7, 11) is 0. The minimum Gasteiger partial charge on any atom is -0.484 e. The third-order valence-electron chi connectivity index (χ3n) is 2.95. The minimum atomic E-state index is -0.204. The summed E-state index contributed by atoms with van der Waals surface area (Å²) >= 11 is 5.85. The summed E-state index contributed by atoms with van der Waals surface area (Å²) in [4.78, 5) is 11.9. The molecule has 0 aliphatic rings. The van der Waals surface area contributed by atoms with E-state index in [4.69, 9.17) is 22.1 Å². The zero-order valence-corrected chi connectivity index (χ0v) is 12.4. The monoisotopic (exact) mass is 304 g/mol. The summed E-state index contributed by atoms with van der Waals surface area (Å²) in [6.45, 7) is 1.83. The van der Waals surface area contributed by atoms with Gasteiger partial charge in [-0.2, -0.15) is 0 Å². The van der Waals surface area contributed by atoms with Gasteiger partial charge < -0.3 is 15.8 Å². The van der Waals surface area contributed by atoms with Crippen molar-refractivity contribution in [2.24, 2.45) is 0 Å². The zero-order chi connectivity index (χ0) is 15.2. The molecule has 0 aliphatic carbocycles. The maximum absolute atomic E-state index is 11.9. The van der Waals surface area contributed by atoms with Gasteiger partial charge >= 0.3 is 0 Å². The quantitative estimate of drug-likeness (QED) is 0.834. The Morgan fingerprint density at radius 1 is 1.29 bits per heavy atom. The number of carbonyl (C=O) groups is 1. The van der Waals surface area contributed by atoms with E-state index in [1.807, 2.05) is 25.1 Å². The van der Waals surface area contributed by atoms with Gasteiger partial charge in [-0.3, -0.25) is 4.79 Å². The van der Waals surface area contributed by atoms with Crippen LogP contribution in [-0.4, -0.2) is 12.5 Å². The molecule has 21 heavy (non-hydrogen) atoms. The van der Waals surface area contributed by atoms with Gasteiger partial charge in [0.25, 0.3) is 5.91 Å². The highest BCUT2D eigenvalue weighted by atomic mass is 35.5. The number of hydrogen-bond acceptors (Lipinski definition) is 3. The third kappa shape index (κ3) is 4.68. The van der Waals surface area contributed by atoms with Gasteiger partial charge in [0, 0.05) is 10.7 Å². The number of hydrogen-bond donors (Lipinski definition) is 2. The molecule has 0 fully saturated rings. The first-order chi connectivity index (χ1) is 10.0. The van der Waals surface area contributed by atoms with E-state index in [9.17, 15) is 4.79 Å². The van der Waals surface area contributed by atoms with Crippen LogP contribution in [0.5, 0.6) is 5.75 Å². The van der Waals surface area contributed by atoms with Gasteiger partial charge in [-0.15, -0.1) is 0 Å². The molecule has 0 aliphatic heterocycles. The Labute approximate surface area is 128 Å². The second kappa shape index (κ2) is 6.99. The van der Waals surface area contributed by atoms with Crippen LogP contribution in [0.3, 0.4) is 0 Å². The van der Waals surface area contributed by atoms with E-state index < -0.39 is 0 Å². The molecule has 0 saturated heterocycles. The fourth-order valence-electron chi connectivity index (χ4n) is 1.90. The Kier molecular flexibility index (Phi) is 5.06. The second-order valence-electron chi connectivity index (χ2n) is 4.71. The number of halogens is 1. The summed E-state index contributed by atoms with van der Waals surface area (Å²) < 4.78 is 5.39.